The van der Waals surface area contributed by atoms with Crippen LogP contribution in [0.25, 0.3) is 0 Å². The van der Waals surface area contributed by atoms with Crippen molar-refractivity contribution in [3.63, 3.8) is 0 Å². The first-order chi connectivity index (χ1) is 12.1. The van der Waals surface area contributed by atoms with E-state index in [4.69, 9.17) is 21.1 Å². The molecular weight excluding hydrogens is 340 g/mol. The fraction of sp³-hybridized carbons (Fsp3) is 0.316. The summed E-state index contributed by atoms with van der Waals surface area (Å²) in [6.45, 7) is 3.71. The molecule has 5 nitrogen and oxygen atoms in total. The maximum atomic E-state index is 12.0. The quantitative estimate of drug-likeness (QED) is 0.708. The minimum absolute atomic E-state index is 0.0778. The van der Waals surface area contributed by atoms with E-state index in [-0.39, 0.29) is 5.91 Å². The topological polar surface area (TPSA) is 59.6 Å². The summed E-state index contributed by atoms with van der Waals surface area (Å²) < 4.78 is 10.5. The number of rotatable bonds is 8. The van der Waals surface area contributed by atoms with Crippen LogP contribution in [0.1, 0.15) is 21.5 Å². The van der Waals surface area contributed by atoms with Crippen molar-refractivity contribution in [1.82, 2.24) is 10.6 Å². The molecule has 6 heteroatoms. The highest BCUT2D eigenvalue weighted by Crippen LogP contribution is 2.37. The monoisotopic (exact) mass is 362 g/mol. The number of methoxy groups -OCH3 is 2. The van der Waals surface area contributed by atoms with Gasteiger partial charge in [0, 0.05) is 25.2 Å². The van der Waals surface area contributed by atoms with E-state index in [2.05, 4.69) is 10.6 Å². The Morgan fingerprint density at radius 3 is 2.40 bits per heavy atom. The molecule has 0 bridgehead atoms. The molecule has 0 heterocycles. The van der Waals surface area contributed by atoms with E-state index in [0.717, 1.165) is 11.1 Å². The molecule has 0 aromatic heterocycles. The van der Waals surface area contributed by atoms with Crippen LogP contribution < -0.4 is 20.1 Å². The van der Waals surface area contributed by atoms with E-state index in [1.807, 2.05) is 43.3 Å². The average Bonchev–Trinajstić information content (AvgIpc) is 2.62. The zero-order chi connectivity index (χ0) is 18.2. The van der Waals surface area contributed by atoms with Crippen molar-refractivity contribution in [2.75, 3.05) is 27.3 Å². The van der Waals surface area contributed by atoms with Crippen LogP contribution in [0.5, 0.6) is 11.5 Å². The molecule has 2 rings (SSSR count). The van der Waals surface area contributed by atoms with Crippen LogP contribution in [0.2, 0.25) is 5.02 Å². The van der Waals surface area contributed by atoms with E-state index < -0.39 is 0 Å². The number of halogens is 1. The van der Waals surface area contributed by atoms with Crippen molar-refractivity contribution in [3.8, 4) is 11.5 Å². The number of amides is 1. The normalized spacial score (nSPS) is 10.4. The van der Waals surface area contributed by atoms with Gasteiger partial charge in [0.05, 0.1) is 19.2 Å². The van der Waals surface area contributed by atoms with Crippen molar-refractivity contribution < 1.29 is 14.3 Å². The van der Waals surface area contributed by atoms with Gasteiger partial charge in [-0.1, -0.05) is 35.4 Å². The first-order valence-electron chi connectivity index (χ1n) is 8.01. The van der Waals surface area contributed by atoms with Crippen molar-refractivity contribution in [1.29, 1.82) is 0 Å². The fourth-order valence-electron chi connectivity index (χ4n) is 2.36. The highest BCUT2D eigenvalue weighted by atomic mass is 35.5. The van der Waals surface area contributed by atoms with Crippen LogP contribution in [-0.4, -0.2) is 33.2 Å². The average molecular weight is 363 g/mol. The summed E-state index contributed by atoms with van der Waals surface area (Å²) in [7, 11) is 3.13. The van der Waals surface area contributed by atoms with Crippen molar-refractivity contribution in [2.45, 2.75) is 13.5 Å². The second-order valence-corrected chi connectivity index (χ2v) is 5.95. The molecule has 25 heavy (non-hydrogen) atoms. The van der Waals surface area contributed by atoms with Gasteiger partial charge in [-0.25, -0.2) is 0 Å². The molecule has 0 spiro atoms. The van der Waals surface area contributed by atoms with Gasteiger partial charge >= 0.3 is 0 Å². The Morgan fingerprint density at radius 1 is 1.04 bits per heavy atom. The van der Waals surface area contributed by atoms with Gasteiger partial charge in [0.25, 0.3) is 5.91 Å². The lowest BCUT2D eigenvalue weighted by atomic mass is 10.1. The molecule has 0 aliphatic rings. The highest BCUT2D eigenvalue weighted by molar-refractivity contribution is 6.33. The van der Waals surface area contributed by atoms with Crippen LogP contribution in [0.3, 0.4) is 0 Å². The predicted molar refractivity (Wildman–Crippen MR) is 99.8 cm³/mol. The molecule has 2 aromatic carbocycles. The van der Waals surface area contributed by atoms with Crippen LogP contribution in [0.4, 0.5) is 0 Å². The van der Waals surface area contributed by atoms with Crippen molar-refractivity contribution in [3.05, 3.63) is 58.1 Å². The maximum absolute atomic E-state index is 12.0. The van der Waals surface area contributed by atoms with Gasteiger partial charge in [-0.15, -0.1) is 0 Å². The smallest absolute Gasteiger partial charge is 0.251 e. The van der Waals surface area contributed by atoms with Gasteiger partial charge in [-0.05, 0) is 30.7 Å². The second kappa shape index (κ2) is 9.30. The number of carbonyl (C=O) groups is 1. The van der Waals surface area contributed by atoms with Gasteiger partial charge < -0.3 is 20.1 Å². The number of aryl methyl sites for hydroxylation is 1. The molecule has 0 fully saturated rings. The number of hydrogen-bond donors (Lipinski definition) is 2. The first kappa shape index (κ1) is 19.1. The lowest BCUT2D eigenvalue weighted by Gasteiger charge is -2.13. The Bertz CT molecular complexity index is 717. The number of benzene rings is 2. The standard InChI is InChI=1S/C19H23ClN2O3/c1-13-4-6-14(7-5-13)19(23)22-11-10-21-12-15-8-9-16(24-2)18(25-3)17(15)20/h4-9,21H,10-12H2,1-3H3,(H,22,23). The molecule has 2 N–H and O–H groups in total. The van der Waals surface area contributed by atoms with Gasteiger partial charge in [0.2, 0.25) is 0 Å². The van der Waals surface area contributed by atoms with Crippen LogP contribution in [-0.2, 0) is 6.54 Å². The van der Waals surface area contributed by atoms with E-state index in [9.17, 15) is 4.79 Å². The molecule has 0 radical (unpaired) electrons. The lowest BCUT2D eigenvalue weighted by Crippen LogP contribution is -2.31. The second-order valence-electron chi connectivity index (χ2n) is 5.57. The SMILES string of the molecule is COc1ccc(CNCCNC(=O)c2ccc(C)cc2)c(Cl)c1OC. The van der Waals surface area contributed by atoms with Gasteiger partial charge in [-0.2, -0.15) is 0 Å². The number of carbonyl (C=O) groups excluding carboxylic acids is 1. The molecule has 2 aromatic rings. The van der Waals surface area contributed by atoms with Crippen LogP contribution >= 0.6 is 11.6 Å². The minimum atomic E-state index is -0.0778. The molecule has 134 valence electrons. The lowest BCUT2D eigenvalue weighted by molar-refractivity contribution is 0.0954. The molecule has 1 amide bonds. The Kier molecular flexibility index (Phi) is 7.10. The number of hydrogen-bond acceptors (Lipinski definition) is 4. The van der Waals surface area contributed by atoms with E-state index in [1.54, 1.807) is 14.2 Å². The summed E-state index contributed by atoms with van der Waals surface area (Å²) in [5.74, 6) is 1.05. The summed E-state index contributed by atoms with van der Waals surface area (Å²) >= 11 is 6.33. The third-order valence-corrected chi connectivity index (χ3v) is 4.20. The maximum Gasteiger partial charge on any atom is 0.251 e. The van der Waals surface area contributed by atoms with Gasteiger partial charge in [-0.3, -0.25) is 4.79 Å². The van der Waals surface area contributed by atoms with Crippen molar-refractivity contribution >= 4 is 17.5 Å². The van der Waals surface area contributed by atoms with E-state index >= 15 is 0 Å². The van der Waals surface area contributed by atoms with Gasteiger partial charge in [0.15, 0.2) is 11.5 Å². The fourth-order valence-corrected chi connectivity index (χ4v) is 2.66. The molecule has 0 atom stereocenters. The Labute approximate surface area is 153 Å². The Morgan fingerprint density at radius 2 is 1.76 bits per heavy atom. The zero-order valence-electron chi connectivity index (χ0n) is 14.7. The predicted octanol–water partition coefficient (Wildman–Crippen LogP) is 3.19. The molecule has 0 aliphatic heterocycles. The molecular formula is C19H23ClN2O3. The van der Waals surface area contributed by atoms with E-state index in [0.29, 0.717) is 41.7 Å². The zero-order valence-corrected chi connectivity index (χ0v) is 15.4. The highest BCUT2D eigenvalue weighted by Gasteiger charge is 2.12. The molecule has 0 unspecified atom stereocenters. The summed E-state index contributed by atoms with van der Waals surface area (Å²) in [5, 5.41) is 6.66. The summed E-state index contributed by atoms with van der Waals surface area (Å²) in [5.41, 5.74) is 2.70. The minimum Gasteiger partial charge on any atom is -0.493 e. The molecule has 0 aliphatic carbocycles. The van der Waals surface area contributed by atoms with Crippen LogP contribution in [0.15, 0.2) is 36.4 Å². The summed E-state index contributed by atoms with van der Waals surface area (Å²) in [6, 6.07) is 11.2. The Hall–Kier alpha value is -2.24. The molecule has 0 saturated carbocycles. The summed E-state index contributed by atoms with van der Waals surface area (Å²) in [4.78, 5) is 12.0. The summed E-state index contributed by atoms with van der Waals surface area (Å²) in [6.07, 6.45) is 0. The van der Waals surface area contributed by atoms with Gasteiger partial charge in [0.1, 0.15) is 0 Å². The third-order valence-electron chi connectivity index (χ3n) is 3.78. The first-order valence-corrected chi connectivity index (χ1v) is 8.39. The van der Waals surface area contributed by atoms with Crippen LogP contribution in [0, 0.1) is 6.92 Å². The van der Waals surface area contributed by atoms with E-state index in [1.165, 1.54) is 0 Å². The van der Waals surface area contributed by atoms with Crippen molar-refractivity contribution in [2.24, 2.45) is 0 Å². The molecule has 0 saturated heterocycles. The number of ether oxygens (including phenoxy) is 2. The largest absolute Gasteiger partial charge is 0.493 e. The Balaban J connectivity index is 1.80. The number of nitrogens with one attached hydrogen (secondary N) is 2. The third kappa shape index (κ3) is 5.11.